The molecule has 168 valence electrons. The highest BCUT2D eigenvalue weighted by atomic mass is 32.1. The molecule has 0 spiro atoms. The third-order valence-corrected chi connectivity index (χ3v) is 6.06. The maximum absolute atomic E-state index is 12.0. The summed E-state index contributed by atoms with van der Waals surface area (Å²) in [7, 11) is 0. The molecule has 1 fully saturated rings. The van der Waals surface area contributed by atoms with Crippen molar-refractivity contribution in [1.82, 2.24) is 9.88 Å². The van der Waals surface area contributed by atoms with Gasteiger partial charge in [-0.3, -0.25) is 15.0 Å². The summed E-state index contributed by atoms with van der Waals surface area (Å²) < 4.78 is 5.23. The molecule has 0 saturated carbocycles. The molecule has 1 aliphatic rings. The predicted molar refractivity (Wildman–Crippen MR) is 122 cm³/mol. The normalized spacial score (nSPS) is 18.4. The molecular weight excluding hydrogens is 414 g/mol. The number of amides is 1. The van der Waals surface area contributed by atoms with Crippen LogP contribution in [0.15, 0.2) is 35.7 Å². The van der Waals surface area contributed by atoms with Crippen LogP contribution in [0.25, 0.3) is 0 Å². The average molecular weight is 446 g/mol. The molecular formula is C23H31N3O4S. The average Bonchev–Trinajstić information content (AvgIpc) is 3.15. The molecule has 1 saturated heterocycles. The molecule has 2 heterocycles. The monoisotopic (exact) mass is 445 g/mol. The Morgan fingerprint density at radius 2 is 2.03 bits per heavy atom. The highest BCUT2D eigenvalue weighted by molar-refractivity contribution is 7.13. The summed E-state index contributed by atoms with van der Waals surface area (Å²) in [6.45, 7) is 6.99. The number of carboxylic acids is 1. The molecule has 1 amide bonds. The highest BCUT2D eigenvalue weighted by Gasteiger charge is 2.28. The number of benzene rings is 1. The van der Waals surface area contributed by atoms with Gasteiger partial charge in [-0.25, -0.2) is 9.78 Å². The second-order valence-corrected chi connectivity index (χ2v) is 9.70. The molecule has 31 heavy (non-hydrogen) atoms. The first-order valence-electron chi connectivity index (χ1n) is 10.7. The number of carboxylic acid groups (broad SMARTS) is 1. The number of carbonyl (C=O) groups excluding carboxylic acids is 1. The number of aromatic nitrogens is 1. The fourth-order valence-corrected chi connectivity index (χ4v) is 4.65. The van der Waals surface area contributed by atoms with Gasteiger partial charge in [0, 0.05) is 11.4 Å². The summed E-state index contributed by atoms with van der Waals surface area (Å²) in [4.78, 5) is 30.7. The molecule has 1 aromatic heterocycles. The molecule has 1 aromatic carbocycles. The number of ether oxygens (including phenoxy) is 1. The van der Waals surface area contributed by atoms with Gasteiger partial charge in [-0.1, -0.05) is 36.8 Å². The standard InChI is InChI=1S/C23H31N3O4S/c1-23(2,3)30-22(29)25-21-24-18(15-31-21)17(20(27)28)12-14-26-13-8-7-11-19(26)16-9-5-4-6-10-16/h4-6,9-10,15,17,19H,7-8,11-14H2,1-3H3,(H,27,28)(H,24,25,29). The van der Waals surface area contributed by atoms with Crippen molar-refractivity contribution in [3.8, 4) is 0 Å². The van der Waals surface area contributed by atoms with Crippen molar-refractivity contribution in [2.75, 3.05) is 18.4 Å². The largest absolute Gasteiger partial charge is 0.481 e. The van der Waals surface area contributed by atoms with Gasteiger partial charge in [0.25, 0.3) is 0 Å². The number of thiazole rings is 1. The lowest BCUT2D eigenvalue weighted by Crippen LogP contribution is -2.35. The molecule has 3 rings (SSSR count). The van der Waals surface area contributed by atoms with Gasteiger partial charge < -0.3 is 9.84 Å². The Hall–Kier alpha value is -2.45. The minimum absolute atomic E-state index is 0.323. The lowest BCUT2D eigenvalue weighted by molar-refractivity contribution is -0.139. The molecule has 1 aliphatic heterocycles. The number of likely N-dealkylation sites (tertiary alicyclic amines) is 1. The summed E-state index contributed by atoms with van der Waals surface area (Å²) in [6, 6.07) is 10.7. The van der Waals surface area contributed by atoms with Crippen LogP contribution in [0.4, 0.5) is 9.93 Å². The number of nitrogens with one attached hydrogen (secondary N) is 1. The van der Waals surface area contributed by atoms with Crippen LogP contribution in [0.5, 0.6) is 0 Å². The number of hydrogen-bond acceptors (Lipinski definition) is 6. The van der Waals surface area contributed by atoms with Crippen molar-refractivity contribution >= 4 is 28.5 Å². The van der Waals surface area contributed by atoms with E-state index in [4.69, 9.17) is 4.74 Å². The van der Waals surface area contributed by atoms with Crippen LogP contribution in [-0.4, -0.2) is 45.7 Å². The number of nitrogens with zero attached hydrogens (tertiary/aromatic N) is 2. The number of anilines is 1. The van der Waals surface area contributed by atoms with Crippen molar-refractivity contribution in [2.45, 2.75) is 64.0 Å². The third-order valence-electron chi connectivity index (χ3n) is 5.29. The maximum atomic E-state index is 12.0. The summed E-state index contributed by atoms with van der Waals surface area (Å²) in [5, 5.41) is 14.5. The van der Waals surface area contributed by atoms with Crippen molar-refractivity contribution in [1.29, 1.82) is 0 Å². The minimum atomic E-state index is -0.901. The number of aliphatic carboxylic acids is 1. The first kappa shape index (κ1) is 23.2. The second-order valence-electron chi connectivity index (χ2n) is 8.84. The summed E-state index contributed by atoms with van der Waals surface area (Å²) >= 11 is 1.21. The highest BCUT2D eigenvalue weighted by Crippen LogP contribution is 2.32. The van der Waals surface area contributed by atoms with Gasteiger partial charge in [-0.2, -0.15) is 0 Å². The van der Waals surface area contributed by atoms with E-state index in [0.717, 1.165) is 19.4 Å². The zero-order chi connectivity index (χ0) is 22.4. The van der Waals surface area contributed by atoms with E-state index in [1.54, 1.807) is 26.2 Å². The van der Waals surface area contributed by atoms with Crippen LogP contribution in [0.3, 0.4) is 0 Å². The number of rotatable bonds is 7. The Morgan fingerprint density at radius 3 is 2.71 bits per heavy atom. The zero-order valence-electron chi connectivity index (χ0n) is 18.3. The molecule has 2 N–H and O–H groups in total. The van der Waals surface area contributed by atoms with E-state index in [0.29, 0.717) is 29.8 Å². The van der Waals surface area contributed by atoms with Gasteiger partial charge in [0.05, 0.1) is 5.69 Å². The lowest BCUT2D eigenvalue weighted by atomic mass is 9.94. The Morgan fingerprint density at radius 1 is 1.29 bits per heavy atom. The van der Waals surface area contributed by atoms with E-state index in [1.165, 1.54) is 23.3 Å². The van der Waals surface area contributed by atoms with Crippen LogP contribution in [-0.2, 0) is 9.53 Å². The van der Waals surface area contributed by atoms with E-state index in [9.17, 15) is 14.7 Å². The number of piperidine rings is 1. The van der Waals surface area contributed by atoms with Crippen LogP contribution in [0.1, 0.15) is 69.7 Å². The van der Waals surface area contributed by atoms with Gasteiger partial charge >= 0.3 is 12.1 Å². The smallest absolute Gasteiger partial charge is 0.413 e. The molecule has 7 nitrogen and oxygen atoms in total. The number of hydrogen-bond donors (Lipinski definition) is 2. The molecule has 2 aromatic rings. The minimum Gasteiger partial charge on any atom is -0.481 e. The van der Waals surface area contributed by atoms with Gasteiger partial charge in [0.15, 0.2) is 5.13 Å². The Kier molecular flexibility index (Phi) is 7.67. The van der Waals surface area contributed by atoms with Crippen molar-refractivity contribution in [2.24, 2.45) is 0 Å². The topological polar surface area (TPSA) is 91.8 Å². The fourth-order valence-electron chi connectivity index (χ4n) is 3.90. The number of carbonyl (C=O) groups is 2. The van der Waals surface area contributed by atoms with Crippen LogP contribution in [0.2, 0.25) is 0 Å². The summed E-state index contributed by atoms with van der Waals surface area (Å²) in [5.74, 6) is -1.62. The van der Waals surface area contributed by atoms with Crippen LogP contribution >= 0.6 is 11.3 Å². The molecule has 0 bridgehead atoms. The van der Waals surface area contributed by atoms with Gasteiger partial charge in [-0.05, 0) is 58.7 Å². The molecule has 2 unspecified atom stereocenters. The molecule has 0 aliphatic carbocycles. The van der Waals surface area contributed by atoms with Crippen molar-refractivity contribution in [3.63, 3.8) is 0 Å². The van der Waals surface area contributed by atoms with E-state index >= 15 is 0 Å². The summed E-state index contributed by atoms with van der Waals surface area (Å²) in [6.07, 6.45) is 3.27. The maximum Gasteiger partial charge on any atom is 0.413 e. The summed E-state index contributed by atoms with van der Waals surface area (Å²) in [5.41, 5.74) is 1.14. The predicted octanol–water partition coefficient (Wildman–Crippen LogP) is 5.28. The van der Waals surface area contributed by atoms with Crippen molar-refractivity contribution < 1.29 is 19.4 Å². The van der Waals surface area contributed by atoms with Gasteiger partial charge in [-0.15, -0.1) is 11.3 Å². The van der Waals surface area contributed by atoms with E-state index < -0.39 is 23.6 Å². The van der Waals surface area contributed by atoms with E-state index in [2.05, 4.69) is 39.5 Å². The SMILES string of the molecule is CC(C)(C)OC(=O)Nc1nc(C(CCN2CCCCC2c2ccccc2)C(=O)O)cs1. The molecule has 0 radical (unpaired) electrons. The Bertz CT molecular complexity index is 878. The Balaban J connectivity index is 1.64. The fraction of sp³-hybridized carbons (Fsp3) is 0.522. The van der Waals surface area contributed by atoms with Crippen molar-refractivity contribution in [3.05, 3.63) is 47.0 Å². The second kappa shape index (κ2) is 10.2. The van der Waals surface area contributed by atoms with Crippen LogP contribution in [0, 0.1) is 0 Å². The van der Waals surface area contributed by atoms with Gasteiger partial charge in [0.2, 0.25) is 0 Å². The first-order valence-corrected chi connectivity index (χ1v) is 11.6. The first-order chi connectivity index (χ1) is 14.7. The molecule has 2 atom stereocenters. The zero-order valence-corrected chi connectivity index (χ0v) is 19.2. The quantitative estimate of drug-likeness (QED) is 0.603. The van der Waals surface area contributed by atoms with E-state index in [1.807, 2.05) is 6.07 Å². The molecule has 8 heteroatoms. The lowest BCUT2D eigenvalue weighted by Gasteiger charge is -2.36. The third kappa shape index (κ3) is 6.77. The van der Waals surface area contributed by atoms with Crippen LogP contribution < -0.4 is 5.32 Å². The van der Waals surface area contributed by atoms with Gasteiger partial charge in [0.1, 0.15) is 11.5 Å². The van der Waals surface area contributed by atoms with E-state index in [-0.39, 0.29) is 0 Å². The Labute approximate surface area is 187 Å².